The van der Waals surface area contributed by atoms with Crippen molar-refractivity contribution in [3.8, 4) is 28.4 Å². The maximum atomic E-state index is 14.1. The molecule has 0 spiro atoms. The summed E-state index contributed by atoms with van der Waals surface area (Å²) in [5, 5.41) is 10.3. The maximum absolute atomic E-state index is 14.1. The number of rotatable bonds is 7. The molecule has 1 aliphatic rings. The molecule has 5 rings (SSSR count). The van der Waals surface area contributed by atoms with Crippen LogP contribution in [0.5, 0.6) is 5.75 Å². The second kappa shape index (κ2) is 8.85. The normalized spacial score (nSPS) is 12.8. The van der Waals surface area contributed by atoms with Crippen molar-refractivity contribution >= 4 is 6.21 Å². The van der Waals surface area contributed by atoms with E-state index in [1.165, 1.54) is 12.1 Å². The number of imidazole rings is 1. The lowest BCUT2D eigenvalue weighted by atomic mass is 10.1. The lowest BCUT2D eigenvalue weighted by Gasteiger charge is -2.19. The van der Waals surface area contributed by atoms with E-state index in [1.54, 1.807) is 11.2 Å². The first kappa shape index (κ1) is 20.9. The molecule has 4 aromatic rings. The van der Waals surface area contributed by atoms with E-state index in [1.807, 2.05) is 30.3 Å². The molecule has 9 heteroatoms. The third-order valence-electron chi connectivity index (χ3n) is 5.22. The molecule has 2 aromatic heterocycles. The van der Waals surface area contributed by atoms with Gasteiger partial charge in [-0.15, -0.1) is 0 Å². The van der Waals surface area contributed by atoms with Gasteiger partial charge in [0, 0.05) is 11.6 Å². The Morgan fingerprint density at radius 3 is 2.82 bits per heavy atom. The zero-order chi connectivity index (χ0) is 22.8. The predicted molar refractivity (Wildman–Crippen MR) is 119 cm³/mol. The zero-order valence-electron chi connectivity index (χ0n) is 17.9. The molecule has 1 aliphatic heterocycles. The van der Waals surface area contributed by atoms with E-state index in [0.717, 1.165) is 35.2 Å². The number of hydrazone groups is 1. The molecule has 0 atom stereocenters. The molecule has 0 fully saturated rings. The van der Waals surface area contributed by atoms with Gasteiger partial charge in [0.05, 0.1) is 37.2 Å². The number of benzene rings is 2. The Balaban J connectivity index is 1.27. The van der Waals surface area contributed by atoms with Gasteiger partial charge in [-0.05, 0) is 42.8 Å². The maximum Gasteiger partial charge on any atom is 0.169 e. The number of H-pyrrole nitrogens is 1. The molecule has 168 valence electrons. The van der Waals surface area contributed by atoms with Crippen LogP contribution < -0.4 is 4.74 Å². The number of hydrogen-bond acceptors (Lipinski definition) is 6. The fraction of sp³-hybridized carbons (Fsp3) is 0.208. The van der Waals surface area contributed by atoms with Crippen LogP contribution in [0.2, 0.25) is 0 Å². The van der Waals surface area contributed by atoms with Gasteiger partial charge in [-0.1, -0.05) is 18.1 Å². The fourth-order valence-corrected chi connectivity index (χ4v) is 3.57. The molecule has 0 unspecified atom stereocenters. The topological polar surface area (TPSA) is 79.5 Å². The van der Waals surface area contributed by atoms with Crippen molar-refractivity contribution in [1.29, 1.82) is 0 Å². The first-order valence-electron chi connectivity index (χ1n) is 10.6. The Labute approximate surface area is 188 Å². The van der Waals surface area contributed by atoms with E-state index in [2.05, 4.69) is 27.1 Å². The van der Waals surface area contributed by atoms with Crippen molar-refractivity contribution in [3.05, 3.63) is 77.3 Å². The van der Waals surface area contributed by atoms with E-state index in [-0.39, 0.29) is 11.4 Å². The van der Waals surface area contributed by atoms with Crippen molar-refractivity contribution in [2.75, 3.05) is 6.61 Å². The number of hydrogen-bond donors (Lipinski definition) is 1. The molecule has 0 bridgehead atoms. The molecular formula is C24H21F2N5O2. The average molecular weight is 449 g/mol. The minimum atomic E-state index is -0.934. The summed E-state index contributed by atoms with van der Waals surface area (Å²) >= 11 is 0. The summed E-state index contributed by atoms with van der Waals surface area (Å²) in [6.45, 7) is 3.55. The van der Waals surface area contributed by atoms with Crippen LogP contribution in [-0.2, 0) is 13.1 Å². The molecule has 0 saturated heterocycles. The first-order chi connectivity index (χ1) is 16.1. The molecule has 0 saturated carbocycles. The molecule has 0 aliphatic carbocycles. The average Bonchev–Trinajstić information content (AvgIpc) is 3.47. The number of fused-ring (bicyclic) bond motifs is 1. The van der Waals surface area contributed by atoms with Gasteiger partial charge in [-0.25, -0.2) is 13.8 Å². The number of nitrogens with one attached hydrogen (secondary N) is 1. The summed E-state index contributed by atoms with van der Waals surface area (Å²) < 4.78 is 38.8. The zero-order valence-corrected chi connectivity index (χ0v) is 17.9. The molecule has 2 aromatic carbocycles. The van der Waals surface area contributed by atoms with Crippen LogP contribution in [0, 0.1) is 11.6 Å². The highest BCUT2D eigenvalue weighted by atomic mass is 19.2. The van der Waals surface area contributed by atoms with Crippen molar-refractivity contribution in [1.82, 2.24) is 20.1 Å². The lowest BCUT2D eigenvalue weighted by Crippen LogP contribution is -2.21. The first-order valence-corrected chi connectivity index (χ1v) is 10.6. The smallest absolute Gasteiger partial charge is 0.169 e. The summed E-state index contributed by atoms with van der Waals surface area (Å²) in [5.41, 5.74) is 3.07. The van der Waals surface area contributed by atoms with Crippen LogP contribution in [0.1, 0.15) is 30.5 Å². The molecule has 0 radical (unpaired) electrons. The number of aromatic nitrogens is 3. The van der Waals surface area contributed by atoms with Crippen LogP contribution in [0.25, 0.3) is 22.6 Å². The highest BCUT2D eigenvalue weighted by Crippen LogP contribution is 2.26. The minimum Gasteiger partial charge on any atom is -0.494 e. The van der Waals surface area contributed by atoms with Gasteiger partial charge in [0.1, 0.15) is 23.0 Å². The van der Waals surface area contributed by atoms with Crippen molar-refractivity contribution in [2.45, 2.75) is 26.4 Å². The largest absolute Gasteiger partial charge is 0.494 e. The quantitative estimate of drug-likeness (QED) is 0.422. The summed E-state index contributed by atoms with van der Waals surface area (Å²) in [6, 6.07) is 13.6. The van der Waals surface area contributed by atoms with E-state index < -0.39 is 11.6 Å². The van der Waals surface area contributed by atoms with Crippen LogP contribution >= 0.6 is 0 Å². The molecule has 33 heavy (non-hydrogen) atoms. The van der Waals surface area contributed by atoms with E-state index >= 15 is 0 Å². The Morgan fingerprint density at radius 2 is 2.00 bits per heavy atom. The number of ether oxygens (including phenoxy) is 1. The lowest BCUT2D eigenvalue weighted by molar-refractivity contribution is 0.229. The second-order valence-corrected chi connectivity index (χ2v) is 7.67. The van der Waals surface area contributed by atoms with Crippen molar-refractivity contribution < 1.29 is 18.0 Å². The molecule has 1 N–H and O–H groups in total. The molecule has 3 heterocycles. The predicted octanol–water partition coefficient (Wildman–Crippen LogP) is 5.15. The molecular weight excluding hydrogens is 428 g/mol. The highest BCUT2D eigenvalue weighted by molar-refractivity contribution is 5.80. The van der Waals surface area contributed by atoms with Crippen molar-refractivity contribution in [2.24, 2.45) is 5.10 Å². The third kappa shape index (κ3) is 4.34. The van der Waals surface area contributed by atoms with Gasteiger partial charge in [0.2, 0.25) is 0 Å². The van der Waals surface area contributed by atoms with Gasteiger partial charge < -0.3 is 14.2 Å². The monoisotopic (exact) mass is 449 g/mol. The Kier molecular flexibility index (Phi) is 5.60. The third-order valence-corrected chi connectivity index (χ3v) is 5.22. The van der Waals surface area contributed by atoms with E-state index in [4.69, 9.17) is 9.26 Å². The summed E-state index contributed by atoms with van der Waals surface area (Å²) in [5.74, 6) is -0.121. The molecule has 7 nitrogen and oxygen atoms in total. The number of aromatic amines is 1. The van der Waals surface area contributed by atoms with Gasteiger partial charge in [-0.2, -0.15) is 5.10 Å². The standard InChI is InChI=1S/C24H21F2N5O2/c1-2-10-32-16-8-6-15(7-9-16)20-11-17(33-30-20)13-31-14-22-21(12-27-31)28-24(29-22)18-4-3-5-19(25)23(18)26/h3-9,11-12H,2,10,13-14H2,1H3,(H,28,29). The number of nitrogens with zero attached hydrogens (tertiary/aromatic N) is 4. The van der Waals surface area contributed by atoms with E-state index in [9.17, 15) is 8.78 Å². The minimum absolute atomic E-state index is 0.0790. The van der Waals surface area contributed by atoms with Crippen LogP contribution in [0.15, 0.2) is 58.2 Å². The van der Waals surface area contributed by atoms with Gasteiger partial charge in [0.25, 0.3) is 0 Å². The highest BCUT2D eigenvalue weighted by Gasteiger charge is 2.21. The molecule has 0 amide bonds. The van der Waals surface area contributed by atoms with Gasteiger partial charge >= 0.3 is 0 Å². The summed E-state index contributed by atoms with van der Waals surface area (Å²) in [7, 11) is 0. The van der Waals surface area contributed by atoms with Crippen LogP contribution in [0.3, 0.4) is 0 Å². The summed E-state index contributed by atoms with van der Waals surface area (Å²) in [6.07, 6.45) is 2.54. The van der Waals surface area contributed by atoms with Crippen LogP contribution in [0.4, 0.5) is 8.78 Å². The fourth-order valence-electron chi connectivity index (χ4n) is 3.57. The van der Waals surface area contributed by atoms with Crippen molar-refractivity contribution in [3.63, 3.8) is 0 Å². The van der Waals surface area contributed by atoms with Gasteiger partial charge in [-0.3, -0.25) is 5.01 Å². The Hall–Kier alpha value is -4.01. The Morgan fingerprint density at radius 1 is 1.15 bits per heavy atom. The SMILES string of the molecule is CCCOc1ccc(-c2cc(CN3Cc4[nH]c(-c5cccc(F)c5F)nc4C=N3)on2)cc1. The van der Waals surface area contributed by atoms with E-state index in [0.29, 0.717) is 31.2 Å². The second-order valence-electron chi connectivity index (χ2n) is 7.67. The number of halogens is 2. The van der Waals surface area contributed by atoms with Crippen LogP contribution in [-0.4, -0.2) is 33.0 Å². The van der Waals surface area contributed by atoms with Gasteiger partial charge in [0.15, 0.2) is 17.4 Å². The Bertz CT molecular complexity index is 1300. The summed E-state index contributed by atoms with van der Waals surface area (Å²) in [4.78, 5) is 7.43.